The maximum absolute atomic E-state index is 6.21. The van der Waals surface area contributed by atoms with Crippen LogP contribution in [0.1, 0.15) is 0 Å². The van der Waals surface area contributed by atoms with Gasteiger partial charge < -0.3 is 18.6 Å². The molecule has 4 heteroatoms. The van der Waals surface area contributed by atoms with Crippen LogP contribution >= 0.6 is 0 Å². The normalized spacial score (nSPS) is 11.4. The molecule has 9 aromatic carbocycles. The van der Waals surface area contributed by atoms with Crippen LogP contribution in [-0.4, -0.2) is 0 Å². The lowest BCUT2D eigenvalue weighted by molar-refractivity contribution is 0.668. The maximum Gasteiger partial charge on any atom is 0.136 e. The van der Waals surface area contributed by atoms with Crippen molar-refractivity contribution in [1.29, 1.82) is 0 Å². The summed E-state index contributed by atoms with van der Waals surface area (Å²) in [6.45, 7) is 0. The van der Waals surface area contributed by atoms with E-state index in [9.17, 15) is 0 Å². The van der Waals surface area contributed by atoms with E-state index < -0.39 is 0 Å². The lowest BCUT2D eigenvalue weighted by Gasteiger charge is -2.28. The molecule has 11 rings (SSSR count). The first-order chi connectivity index (χ1) is 28.7. The number of para-hydroxylation sites is 4. The molecule has 58 heavy (non-hydrogen) atoms. The fourth-order valence-electron chi connectivity index (χ4n) is 8.22. The molecule has 4 nitrogen and oxygen atoms in total. The van der Waals surface area contributed by atoms with E-state index in [1.54, 1.807) is 0 Å². The molecule has 0 fully saturated rings. The molecule has 2 aromatic heterocycles. The van der Waals surface area contributed by atoms with Crippen LogP contribution in [0.4, 0.5) is 34.1 Å². The van der Waals surface area contributed by atoms with Crippen LogP contribution < -0.4 is 9.80 Å². The highest BCUT2D eigenvalue weighted by molar-refractivity contribution is 6.07. The van der Waals surface area contributed by atoms with Gasteiger partial charge in [0, 0.05) is 55.7 Å². The zero-order valence-corrected chi connectivity index (χ0v) is 31.5. The molecule has 0 bridgehead atoms. The molecule has 0 saturated carbocycles. The van der Waals surface area contributed by atoms with Gasteiger partial charge in [0.05, 0.1) is 0 Å². The summed E-state index contributed by atoms with van der Waals surface area (Å²) in [7, 11) is 0. The van der Waals surface area contributed by atoms with Gasteiger partial charge in [-0.05, 0) is 131 Å². The molecule has 0 aliphatic rings. The molecule has 0 atom stereocenters. The summed E-state index contributed by atoms with van der Waals surface area (Å²) < 4.78 is 12.4. The Labute approximate surface area is 336 Å². The lowest BCUT2D eigenvalue weighted by atomic mass is 10.0. The van der Waals surface area contributed by atoms with Gasteiger partial charge in [-0.25, -0.2) is 0 Å². The molecule has 274 valence electrons. The third-order valence-corrected chi connectivity index (χ3v) is 11.1. The Hall–Kier alpha value is -7.82. The van der Waals surface area contributed by atoms with Crippen LogP contribution in [0.15, 0.2) is 227 Å². The number of benzene rings is 9. The number of rotatable bonds is 8. The summed E-state index contributed by atoms with van der Waals surface area (Å²) in [5.74, 6) is 0. The molecule has 2 heterocycles. The first-order valence-electron chi connectivity index (χ1n) is 19.6. The lowest BCUT2D eigenvalue weighted by Crippen LogP contribution is -2.12. The van der Waals surface area contributed by atoms with Crippen molar-refractivity contribution in [2.75, 3.05) is 9.80 Å². The number of furan rings is 2. The minimum absolute atomic E-state index is 0.898. The average Bonchev–Trinajstić information content (AvgIpc) is 3.86. The third kappa shape index (κ3) is 5.96. The summed E-state index contributed by atoms with van der Waals surface area (Å²) in [6.07, 6.45) is 0. The average molecular weight is 745 g/mol. The number of fused-ring (bicyclic) bond motifs is 6. The summed E-state index contributed by atoms with van der Waals surface area (Å²) >= 11 is 0. The van der Waals surface area contributed by atoms with Crippen molar-refractivity contribution in [1.82, 2.24) is 0 Å². The number of hydrogen-bond donors (Lipinski definition) is 0. The molecule has 0 unspecified atom stereocenters. The van der Waals surface area contributed by atoms with Gasteiger partial charge in [-0.2, -0.15) is 0 Å². The van der Waals surface area contributed by atoms with E-state index in [-0.39, 0.29) is 0 Å². The van der Waals surface area contributed by atoms with Gasteiger partial charge in [-0.1, -0.05) is 109 Å². The highest BCUT2D eigenvalue weighted by atomic mass is 16.3. The van der Waals surface area contributed by atoms with Crippen LogP contribution in [0.3, 0.4) is 0 Å². The molecule has 0 aliphatic heterocycles. The van der Waals surface area contributed by atoms with Gasteiger partial charge in [-0.3, -0.25) is 0 Å². The van der Waals surface area contributed by atoms with E-state index in [4.69, 9.17) is 8.83 Å². The largest absolute Gasteiger partial charge is 0.456 e. The molecule has 0 radical (unpaired) electrons. The molecule has 0 N–H and O–H groups in total. The fraction of sp³-hybridized carbons (Fsp3) is 0. The van der Waals surface area contributed by atoms with Gasteiger partial charge in [0.25, 0.3) is 0 Å². The molecule has 0 spiro atoms. The summed E-state index contributed by atoms with van der Waals surface area (Å²) in [4.78, 5) is 4.60. The van der Waals surface area contributed by atoms with Crippen molar-refractivity contribution in [2.45, 2.75) is 0 Å². The van der Waals surface area contributed by atoms with Crippen LogP contribution in [-0.2, 0) is 0 Å². The maximum atomic E-state index is 6.21. The summed E-state index contributed by atoms with van der Waals surface area (Å²) in [5, 5.41) is 4.55. The third-order valence-electron chi connectivity index (χ3n) is 11.1. The fourth-order valence-corrected chi connectivity index (χ4v) is 8.22. The van der Waals surface area contributed by atoms with Crippen molar-refractivity contribution >= 4 is 78.0 Å². The second-order valence-corrected chi connectivity index (χ2v) is 14.6. The van der Waals surface area contributed by atoms with Crippen LogP contribution in [0.5, 0.6) is 0 Å². The van der Waals surface area contributed by atoms with E-state index in [2.05, 4.69) is 204 Å². The van der Waals surface area contributed by atoms with Gasteiger partial charge in [0.15, 0.2) is 0 Å². The zero-order chi connectivity index (χ0) is 38.4. The molecule has 0 aliphatic carbocycles. The standard InChI is InChI=1S/C54H36N2O2/c1-3-11-41(12-4-1)55(43-25-19-37(20-26-43)39-23-33-49-47-15-7-9-17-51(47)57-53(49)35-39)45-29-31-46(32-30-45)56(42-13-5-2-6-14-42)44-27-21-38(22-28-44)40-24-34-50-48-16-8-10-18-52(48)58-54(50)36-40/h1-36H. The van der Waals surface area contributed by atoms with Crippen molar-refractivity contribution in [3.8, 4) is 22.3 Å². The van der Waals surface area contributed by atoms with Crippen molar-refractivity contribution in [3.05, 3.63) is 218 Å². The highest BCUT2D eigenvalue weighted by Crippen LogP contribution is 2.41. The van der Waals surface area contributed by atoms with Gasteiger partial charge in [-0.15, -0.1) is 0 Å². The molecule has 11 aromatic rings. The van der Waals surface area contributed by atoms with Crippen LogP contribution in [0, 0.1) is 0 Å². The quantitative estimate of drug-likeness (QED) is 0.155. The highest BCUT2D eigenvalue weighted by Gasteiger charge is 2.17. The minimum Gasteiger partial charge on any atom is -0.456 e. The Morgan fingerprint density at radius 2 is 0.517 bits per heavy atom. The predicted octanol–water partition coefficient (Wildman–Crippen LogP) is 15.8. The number of anilines is 6. The molecular weight excluding hydrogens is 709 g/mol. The predicted molar refractivity (Wildman–Crippen MR) is 241 cm³/mol. The van der Waals surface area contributed by atoms with Gasteiger partial charge in [0.2, 0.25) is 0 Å². The van der Waals surface area contributed by atoms with Crippen molar-refractivity contribution < 1.29 is 8.83 Å². The first kappa shape index (κ1) is 33.5. The second-order valence-electron chi connectivity index (χ2n) is 14.6. The summed E-state index contributed by atoms with van der Waals surface area (Å²) in [5.41, 5.74) is 14.6. The van der Waals surface area contributed by atoms with E-state index in [1.807, 2.05) is 24.3 Å². The van der Waals surface area contributed by atoms with E-state index in [1.165, 1.54) is 0 Å². The number of hydrogen-bond acceptors (Lipinski definition) is 4. The van der Waals surface area contributed by atoms with E-state index >= 15 is 0 Å². The molecule has 0 saturated heterocycles. The van der Waals surface area contributed by atoms with Crippen LogP contribution in [0.2, 0.25) is 0 Å². The topological polar surface area (TPSA) is 32.8 Å². The van der Waals surface area contributed by atoms with Crippen molar-refractivity contribution in [2.24, 2.45) is 0 Å². The first-order valence-corrected chi connectivity index (χ1v) is 19.6. The minimum atomic E-state index is 0.898. The Kier molecular flexibility index (Phi) is 8.11. The Morgan fingerprint density at radius 1 is 0.224 bits per heavy atom. The molecular formula is C54H36N2O2. The van der Waals surface area contributed by atoms with Crippen LogP contribution in [0.25, 0.3) is 66.1 Å². The SMILES string of the molecule is c1ccc(N(c2ccc(-c3ccc4c(c3)oc3ccccc34)cc2)c2ccc(N(c3ccccc3)c3ccc(-c4ccc5c(c4)oc4ccccc45)cc3)cc2)cc1. The van der Waals surface area contributed by atoms with Gasteiger partial charge in [0.1, 0.15) is 22.3 Å². The monoisotopic (exact) mass is 744 g/mol. The number of nitrogens with zero attached hydrogens (tertiary/aromatic N) is 2. The van der Waals surface area contributed by atoms with E-state index in [0.29, 0.717) is 0 Å². The van der Waals surface area contributed by atoms with Crippen molar-refractivity contribution in [3.63, 3.8) is 0 Å². The Morgan fingerprint density at radius 3 is 0.914 bits per heavy atom. The smallest absolute Gasteiger partial charge is 0.136 e. The Balaban J connectivity index is 0.914. The van der Waals surface area contributed by atoms with E-state index in [0.717, 1.165) is 100 Å². The Bertz CT molecular complexity index is 2980. The zero-order valence-electron chi connectivity index (χ0n) is 31.5. The van der Waals surface area contributed by atoms with Gasteiger partial charge >= 0.3 is 0 Å². The molecule has 0 amide bonds. The second kappa shape index (κ2) is 14.0. The summed E-state index contributed by atoms with van der Waals surface area (Å²) in [6, 6.07) is 76.9.